The highest BCUT2D eigenvalue weighted by Crippen LogP contribution is 2.35. The van der Waals surface area contributed by atoms with Crippen molar-refractivity contribution >= 4 is 0 Å². The first-order valence-corrected chi connectivity index (χ1v) is 6.45. The minimum Gasteiger partial charge on any atom is -0.377 e. The molecular formula is C14H25NO. The Morgan fingerprint density at radius 1 is 1.38 bits per heavy atom. The van der Waals surface area contributed by atoms with Gasteiger partial charge >= 0.3 is 0 Å². The molecule has 1 N–H and O–H groups in total. The van der Waals surface area contributed by atoms with E-state index in [0.717, 1.165) is 19.3 Å². The Hall–Kier alpha value is -0.520. The van der Waals surface area contributed by atoms with Crippen molar-refractivity contribution in [3.05, 3.63) is 0 Å². The van der Waals surface area contributed by atoms with Gasteiger partial charge < -0.3 is 10.1 Å². The third-order valence-corrected chi connectivity index (χ3v) is 3.90. The molecule has 1 aliphatic carbocycles. The van der Waals surface area contributed by atoms with Crippen LogP contribution in [0, 0.1) is 12.3 Å². The number of ether oxygens (including phenoxy) is 1. The largest absolute Gasteiger partial charge is 0.377 e. The topological polar surface area (TPSA) is 21.3 Å². The van der Waals surface area contributed by atoms with E-state index in [4.69, 9.17) is 11.2 Å². The van der Waals surface area contributed by atoms with Crippen molar-refractivity contribution in [3.8, 4) is 12.3 Å². The molecule has 1 atom stereocenters. The maximum atomic E-state index is 5.85. The number of hydrogen-bond acceptors (Lipinski definition) is 2. The molecule has 1 rings (SSSR count). The number of likely N-dealkylation sites (N-methyl/N-ethyl adjacent to an activating group) is 1. The Bertz CT molecular complexity index is 225. The highest BCUT2D eigenvalue weighted by atomic mass is 16.5. The molecule has 92 valence electrons. The van der Waals surface area contributed by atoms with Crippen LogP contribution in [-0.4, -0.2) is 25.8 Å². The summed E-state index contributed by atoms with van der Waals surface area (Å²) in [5.74, 6) is 2.71. The van der Waals surface area contributed by atoms with Gasteiger partial charge in [-0.15, -0.1) is 12.3 Å². The van der Waals surface area contributed by atoms with Gasteiger partial charge in [-0.1, -0.05) is 19.3 Å². The zero-order chi connectivity index (χ0) is 11.9. The van der Waals surface area contributed by atoms with E-state index in [0.29, 0.717) is 6.04 Å². The van der Waals surface area contributed by atoms with Gasteiger partial charge in [-0.05, 0) is 32.7 Å². The van der Waals surface area contributed by atoms with Crippen LogP contribution in [0.25, 0.3) is 0 Å². The highest BCUT2D eigenvalue weighted by Gasteiger charge is 2.38. The molecule has 0 aliphatic heterocycles. The Kier molecular flexibility index (Phi) is 5.87. The molecule has 0 radical (unpaired) electrons. The summed E-state index contributed by atoms with van der Waals surface area (Å²) in [5.41, 5.74) is 0.0571. The van der Waals surface area contributed by atoms with Crippen LogP contribution in [0.2, 0.25) is 0 Å². The smallest absolute Gasteiger partial charge is 0.0830 e. The lowest BCUT2D eigenvalue weighted by molar-refractivity contribution is -0.0679. The van der Waals surface area contributed by atoms with Gasteiger partial charge in [0.05, 0.1) is 5.60 Å². The Labute approximate surface area is 100 Å². The van der Waals surface area contributed by atoms with E-state index in [-0.39, 0.29) is 5.60 Å². The third-order valence-electron chi connectivity index (χ3n) is 3.90. The van der Waals surface area contributed by atoms with Gasteiger partial charge in [0.2, 0.25) is 0 Å². The summed E-state index contributed by atoms with van der Waals surface area (Å²) < 4.78 is 5.85. The molecule has 1 unspecified atom stereocenters. The first-order chi connectivity index (χ1) is 7.79. The van der Waals surface area contributed by atoms with Crippen molar-refractivity contribution in [2.24, 2.45) is 0 Å². The average molecular weight is 223 g/mol. The van der Waals surface area contributed by atoms with E-state index < -0.39 is 0 Å². The first-order valence-electron chi connectivity index (χ1n) is 6.45. The van der Waals surface area contributed by atoms with Crippen LogP contribution in [-0.2, 0) is 4.74 Å². The fourth-order valence-corrected chi connectivity index (χ4v) is 2.92. The lowest BCUT2D eigenvalue weighted by Crippen LogP contribution is -2.52. The van der Waals surface area contributed by atoms with Gasteiger partial charge in [0.1, 0.15) is 0 Å². The monoisotopic (exact) mass is 223 g/mol. The first kappa shape index (κ1) is 13.5. The lowest BCUT2D eigenvalue weighted by atomic mass is 9.77. The molecule has 1 saturated carbocycles. The van der Waals surface area contributed by atoms with E-state index in [9.17, 15) is 0 Å². The summed E-state index contributed by atoms with van der Waals surface area (Å²) in [6.07, 6.45) is 14.7. The van der Waals surface area contributed by atoms with Gasteiger partial charge in [-0.2, -0.15) is 0 Å². The number of nitrogens with one attached hydrogen (secondary N) is 1. The van der Waals surface area contributed by atoms with Crippen LogP contribution in [0.5, 0.6) is 0 Å². The highest BCUT2D eigenvalue weighted by molar-refractivity contribution is 4.95. The van der Waals surface area contributed by atoms with Crippen LogP contribution in [0.15, 0.2) is 0 Å². The molecule has 0 saturated heterocycles. The molecule has 16 heavy (non-hydrogen) atoms. The molecule has 0 aromatic rings. The average Bonchev–Trinajstić information content (AvgIpc) is 2.35. The quantitative estimate of drug-likeness (QED) is 0.552. The van der Waals surface area contributed by atoms with Crippen molar-refractivity contribution in [1.82, 2.24) is 5.32 Å². The fourth-order valence-electron chi connectivity index (χ4n) is 2.92. The molecule has 0 amide bonds. The number of methoxy groups -OCH3 is 1. The molecule has 2 nitrogen and oxygen atoms in total. The van der Waals surface area contributed by atoms with Crippen molar-refractivity contribution in [2.75, 3.05) is 14.2 Å². The molecule has 1 fully saturated rings. The second kappa shape index (κ2) is 6.93. The Morgan fingerprint density at radius 2 is 2.06 bits per heavy atom. The fraction of sp³-hybridized carbons (Fsp3) is 0.857. The van der Waals surface area contributed by atoms with Crippen molar-refractivity contribution < 1.29 is 4.74 Å². The summed E-state index contributed by atoms with van der Waals surface area (Å²) in [6.45, 7) is 0. The van der Waals surface area contributed by atoms with Gasteiger partial charge in [0.15, 0.2) is 0 Å². The molecule has 2 heteroatoms. The zero-order valence-corrected chi connectivity index (χ0v) is 10.7. The number of terminal acetylenes is 1. The number of hydrogen-bond donors (Lipinski definition) is 1. The minimum atomic E-state index is 0.0571. The van der Waals surface area contributed by atoms with Crippen LogP contribution >= 0.6 is 0 Å². The number of rotatable bonds is 6. The molecule has 1 aliphatic rings. The zero-order valence-electron chi connectivity index (χ0n) is 10.7. The molecule has 0 spiro atoms. The lowest BCUT2D eigenvalue weighted by Gasteiger charge is -2.42. The molecule has 0 aromatic carbocycles. The van der Waals surface area contributed by atoms with Gasteiger partial charge in [-0.3, -0.25) is 0 Å². The Balaban J connectivity index is 2.55. The van der Waals surface area contributed by atoms with Crippen molar-refractivity contribution in [1.29, 1.82) is 0 Å². The van der Waals surface area contributed by atoms with E-state index in [2.05, 4.69) is 11.2 Å². The normalized spacial score (nSPS) is 21.3. The molecule has 0 aromatic heterocycles. The van der Waals surface area contributed by atoms with E-state index in [1.165, 1.54) is 32.1 Å². The summed E-state index contributed by atoms with van der Waals surface area (Å²) in [4.78, 5) is 0. The maximum absolute atomic E-state index is 5.85. The SMILES string of the molecule is C#CCCCC(NC)C1(OC)CCCCC1. The van der Waals surface area contributed by atoms with Gasteiger partial charge in [-0.25, -0.2) is 0 Å². The van der Waals surface area contributed by atoms with Gasteiger partial charge in [0.25, 0.3) is 0 Å². The van der Waals surface area contributed by atoms with Crippen LogP contribution < -0.4 is 5.32 Å². The van der Waals surface area contributed by atoms with Crippen molar-refractivity contribution in [2.45, 2.75) is 63.0 Å². The van der Waals surface area contributed by atoms with Crippen LogP contribution in [0.4, 0.5) is 0 Å². The molecular weight excluding hydrogens is 198 g/mol. The maximum Gasteiger partial charge on any atom is 0.0830 e. The van der Waals surface area contributed by atoms with E-state index >= 15 is 0 Å². The number of unbranched alkanes of at least 4 members (excludes halogenated alkanes) is 1. The predicted octanol–water partition coefficient (Wildman–Crippen LogP) is 2.73. The minimum absolute atomic E-state index is 0.0571. The van der Waals surface area contributed by atoms with Gasteiger partial charge in [0, 0.05) is 19.6 Å². The van der Waals surface area contributed by atoms with Crippen LogP contribution in [0.1, 0.15) is 51.4 Å². The molecule has 0 bridgehead atoms. The van der Waals surface area contributed by atoms with Crippen LogP contribution in [0.3, 0.4) is 0 Å². The second-order valence-corrected chi connectivity index (χ2v) is 4.77. The summed E-state index contributed by atoms with van der Waals surface area (Å²) in [5, 5.41) is 3.43. The second-order valence-electron chi connectivity index (χ2n) is 4.77. The molecule has 0 heterocycles. The third kappa shape index (κ3) is 3.23. The Morgan fingerprint density at radius 3 is 2.56 bits per heavy atom. The summed E-state index contributed by atoms with van der Waals surface area (Å²) >= 11 is 0. The van der Waals surface area contributed by atoms with E-state index in [1.807, 2.05) is 14.2 Å². The standard InChI is InChI=1S/C14H25NO/c1-4-5-7-10-13(15-2)14(16-3)11-8-6-9-12-14/h1,13,15H,5-12H2,2-3H3. The van der Waals surface area contributed by atoms with E-state index in [1.54, 1.807) is 0 Å². The van der Waals surface area contributed by atoms with Crippen molar-refractivity contribution in [3.63, 3.8) is 0 Å². The summed E-state index contributed by atoms with van der Waals surface area (Å²) in [6, 6.07) is 0.450. The predicted molar refractivity (Wildman–Crippen MR) is 68.4 cm³/mol. The summed E-state index contributed by atoms with van der Waals surface area (Å²) in [7, 11) is 3.90.